The molecule has 1 aromatic heterocycles. The summed E-state index contributed by atoms with van der Waals surface area (Å²) in [4.78, 5) is 31.2. The molecule has 0 bridgehead atoms. The number of methoxy groups -OCH3 is 1. The van der Waals surface area contributed by atoms with Gasteiger partial charge in [0, 0.05) is 56.3 Å². The van der Waals surface area contributed by atoms with Crippen LogP contribution in [0.3, 0.4) is 0 Å². The molecule has 2 aliphatic rings. The molecule has 0 unspecified atom stereocenters. The molecule has 3 heterocycles. The minimum absolute atomic E-state index is 0.0253. The molecule has 0 aliphatic carbocycles. The summed E-state index contributed by atoms with van der Waals surface area (Å²) in [5.41, 5.74) is 3.12. The minimum Gasteiger partial charge on any atom is -0.497 e. The van der Waals surface area contributed by atoms with Crippen LogP contribution < -0.4 is 19.8 Å². The van der Waals surface area contributed by atoms with Gasteiger partial charge in [-0.05, 0) is 74.6 Å². The van der Waals surface area contributed by atoms with E-state index in [0.717, 1.165) is 65.8 Å². The first-order chi connectivity index (χ1) is 22.2. The molecule has 9 heteroatoms. The van der Waals surface area contributed by atoms with Gasteiger partial charge in [0.25, 0.3) is 5.56 Å². The number of hydrogen-bond donors (Lipinski definition) is 0. The van der Waals surface area contributed by atoms with E-state index in [1.165, 1.54) is 0 Å². The second kappa shape index (κ2) is 13.5. The number of fused-ring (bicyclic) bond motifs is 2. The number of amides is 1. The van der Waals surface area contributed by atoms with Gasteiger partial charge in [0.05, 0.1) is 12.6 Å². The van der Waals surface area contributed by atoms with Crippen molar-refractivity contribution in [1.82, 2.24) is 14.4 Å². The predicted octanol–water partition coefficient (Wildman–Crippen LogP) is 6.35. The Morgan fingerprint density at radius 1 is 0.913 bits per heavy atom. The van der Waals surface area contributed by atoms with Gasteiger partial charge >= 0.3 is 6.09 Å². The van der Waals surface area contributed by atoms with E-state index in [4.69, 9.17) is 18.9 Å². The van der Waals surface area contributed by atoms with Crippen LogP contribution in [-0.4, -0.2) is 72.1 Å². The first-order valence-corrected chi connectivity index (χ1v) is 16.1. The van der Waals surface area contributed by atoms with E-state index in [-0.39, 0.29) is 17.7 Å². The fourth-order valence-electron chi connectivity index (χ4n) is 6.32. The summed E-state index contributed by atoms with van der Waals surface area (Å²) in [6.45, 7) is 10.0. The minimum atomic E-state index is -0.600. The van der Waals surface area contributed by atoms with E-state index in [9.17, 15) is 9.59 Å². The first kappa shape index (κ1) is 31.5. The van der Waals surface area contributed by atoms with E-state index in [1.807, 2.05) is 97.0 Å². The number of aromatic nitrogens is 1. The highest BCUT2D eigenvalue weighted by atomic mass is 16.6. The number of carbonyl (C=O) groups is 1. The lowest BCUT2D eigenvalue weighted by Gasteiger charge is -2.39. The third-order valence-electron chi connectivity index (χ3n) is 8.63. The predicted molar refractivity (Wildman–Crippen MR) is 179 cm³/mol. The van der Waals surface area contributed by atoms with Crippen LogP contribution in [0.4, 0.5) is 4.79 Å². The van der Waals surface area contributed by atoms with E-state index >= 15 is 0 Å². The molecule has 0 saturated carbocycles. The van der Waals surface area contributed by atoms with Gasteiger partial charge in [-0.25, -0.2) is 4.79 Å². The standard InChI is InChI=1S/C37H43N3O6/c1-37(2,3)46-36(42)40(25-26-10-13-33-34(22-26)45-21-20-44-33)28-14-16-38(17-15-28)18-19-39-32-23-29(43-4)11-12-30(32)31(24-35(39)41)27-8-6-5-7-9-27/h5-13,22-24,28H,14-21,25H2,1-4H3. The lowest BCUT2D eigenvalue weighted by Crippen LogP contribution is -2.49. The van der Waals surface area contributed by atoms with Crippen molar-refractivity contribution in [2.45, 2.75) is 58.3 Å². The maximum atomic E-state index is 13.5. The lowest BCUT2D eigenvalue weighted by atomic mass is 10.0. The van der Waals surface area contributed by atoms with Crippen LogP contribution in [-0.2, 0) is 17.8 Å². The van der Waals surface area contributed by atoms with Crippen molar-refractivity contribution in [2.75, 3.05) is 40.0 Å². The summed E-state index contributed by atoms with van der Waals surface area (Å²) in [5, 5.41) is 1.01. The van der Waals surface area contributed by atoms with Crippen molar-refractivity contribution in [3.8, 4) is 28.4 Å². The molecule has 0 radical (unpaired) electrons. The summed E-state index contributed by atoms with van der Waals surface area (Å²) in [7, 11) is 1.64. The Hall–Kier alpha value is -4.50. The highest BCUT2D eigenvalue weighted by Gasteiger charge is 2.31. The van der Waals surface area contributed by atoms with Crippen LogP contribution in [0.5, 0.6) is 17.2 Å². The number of ether oxygens (including phenoxy) is 4. The van der Waals surface area contributed by atoms with Crippen LogP contribution in [0.1, 0.15) is 39.2 Å². The molecule has 46 heavy (non-hydrogen) atoms. The van der Waals surface area contributed by atoms with Gasteiger partial charge in [0.15, 0.2) is 11.5 Å². The molecule has 242 valence electrons. The van der Waals surface area contributed by atoms with E-state index < -0.39 is 5.60 Å². The molecule has 1 fully saturated rings. The third kappa shape index (κ3) is 7.15. The van der Waals surface area contributed by atoms with Crippen LogP contribution >= 0.6 is 0 Å². The molecular formula is C37H43N3O6. The largest absolute Gasteiger partial charge is 0.497 e. The number of rotatable bonds is 8. The first-order valence-electron chi connectivity index (χ1n) is 16.1. The van der Waals surface area contributed by atoms with Crippen LogP contribution in [0, 0.1) is 0 Å². The number of nitrogens with zero attached hydrogens (tertiary/aromatic N) is 3. The van der Waals surface area contributed by atoms with Crippen molar-refractivity contribution in [3.05, 3.63) is 88.7 Å². The van der Waals surface area contributed by atoms with E-state index in [2.05, 4.69) is 4.90 Å². The lowest BCUT2D eigenvalue weighted by molar-refractivity contribution is 0.00562. The number of carbonyl (C=O) groups excluding carboxylic acids is 1. The Kier molecular flexibility index (Phi) is 9.22. The van der Waals surface area contributed by atoms with E-state index in [0.29, 0.717) is 37.8 Å². The second-order valence-electron chi connectivity index (χ2n) is 13.0. The summed E-state index contributed by atoms with van der Waals surface area (Å²) in [6.07, 6.45) is 1.30. The summed E-state index contributed by atoms with van der Waals surface area (Å²) in [5.74, 6) is 2.15. The molecule has 2 aliphatic heterocycles. The zero-order valence-corrected chi connectivity index (χ0v) is 27.2. The molecule has 4 aromatic rings. The SMILES string of the molecule is COc1ccc2c(-c3ccccc3)cc(=O)n(CCN3CCC(N(Cc4ccc5c(c4)OCCO5)C(=O)OC(C)(C)C)CC3)c2c1. The molecule has 1 saturated heterocycles. The Labute approximate surface area is 270 Å². The van der Waals surface area contributed by atoms with Gasteiger partial charge in [-0.1, -0.05) is 36.4 Å². The Morgan fingerprint density at radius 2 is 1.65 bits per heavy atom. The van der Waals surface area contributed by atoms with E-state index in [1.54, 1.807) is 13.2 Å². The average Bonchev–Trinajstić information content (AvgIpc) is 3.06. The molecule has 0 atom stereocenters. The number of benzene rings is 3. The maximum Gasteiger partial charge on any atom is 0.410 e. The van der Waals surface area contributed by atoms with Gasteiger partial charge in [-0.15, -0.1) is 0 Å². The summed E-state index contributed by atoms with van der Waals surface area (Å²) >= 11 is 0. The van der Waals surface area contributed by atoms with Gasteiger partial charge in [-0.3, -0.25) is 4.79 Å². The van der Waals surface area contributed by atoms with Crippen molar-refractivity contribution < 1.29 is 23.7 Å². The molecule has 9 nitrogen and oxygen atoms in total. The van der Waals surface area contributed by atoms with Crippen molar-refractivity contribution >= 4 is 17.0 Å². The van der Waals surface area contributed by atoms with Crippen molar-refractivity contribution in [2.24, 2.45) is 0 Å². The van der Waals surface area contributed by atoms with Gasteiger partial charge < -0.3 is 33.3 Å². The highest BCUT2D eigenvalue weighted by molar-refractivity contribution is 5.95. The number of likely N-dealkylation sites (tertiary alicyclic amines) is 1. The number of pyridine rings is 1. The number of hydrogen-bond acceptors (Lipinski definition) is 7. The second-order valence-corrected chi connectivity index (χ2v) is 13.0. The van der Waals surface area contributed by atoms with Crippen LogP contribution in [0.25, 0.3) is 22.0 Å². The molecule has 3 aromatic carbocycles. The maximum absolute atomic E-state index is 13.5. The number of piperidine rings is 1. The summed E-state index contributed by atoms with van der Waals surface area (Å²) in [6, 6.07) is 23.6. The van der Waals surface area contributed by atoms with Gasteiger partial charge in [-0.2, -0.15) is 0 Å². The van der Waals surface area contributed by atoms with Crippen molar-refractivity contribution in [3.63, 3.8) is 0 Å². The molecule has 6 rings (SSSR count). The Morgan fingerprint density at radius 3 is 2.37 bits per heavy atom. The average molecular weight is 626 g/mol. The Balaban J connectivity index is 1.17. The van der Waals surface area contributed by atoms with Gasteiger partial charge in [0.1, 0.15) is 24.6 Å². The normalized spacial score (nSPS) is 15.5. The summed E-state index contributed by atoms with van der Waals surface area (Å²) < 4.78 is 24.7. The van der Waals surface area contributed by atoms with Crippen molar-refractivity contribution in [1.29, 1.82) is 0 Å². The quantitative estimate of drug-likeness (QED) is 0.226. The zero-order chi connectivity index (χ0) is 32.3. The smallest absolute Gasteiger partial charge is 0.410 e. The highest BCUT2D eigenvalue weighted by Crippen LogP contribution is 2.33. The van der Waals surface area contributed by atoms with Gasteiger partial charge in [0.2, 0.25) is 0 Å². The third-order valence-corrected chi connectivity index (χ3v) is 8.63. The molecule has 0 spiro atoms. The van der Waals surface area contributed by atoms with Crippen LogP contribution in [0.15, 0.2) is 77.6 Å². The van der Waals surface area contributed by atoms with Crippen LogP contribution in [0.2, 0.25) is 0 Å². The fourth-order valence-corrected chi connectivity index (χ4v) is 6.32. The molecular weight excluding hydrogens is 582 g/mol. The Bertz CT molecular complexity index is 1740. The molecule has 0 N–H and O–H groups in total. The zero-order valence-electron chi connectivity index (χ0n) is 27.2. The topological polar surface area (TPSA) is 82.5 Å². The fraction of sp³-hybridized carbons (Fsp3) is 0.405. The monoisotopic (exact) mass is 625 g/mol. The molecule has 1 amide bonds.